The van der Waals surface area contributed by atoms with Crippen molar-refractivity contribution in [1.82, 2.24) is 9.80 Å². The van der Waals surface area contributed by atoms with Gasteiger partial charge in [-0.25, -0.2) is 4.79 Å². The Morgan fingerprint density at radius 1 is 1.13 bits per heavy atom. The first-order chi connectivity index (χ1) is 10.9. The van der Waals surface area contributed by atoms with E-state index < -0.39 is 5.60 Å². The Morgan fingerprint density at radius 3 is 2.22 bits per heavy atom. The van der Waals surface area contributed by atoms with Crippen molar-refractivity contribution < 1.29 is 9.53 Å². The number of nitriles is 1. The van der Waals surface area contributed by atoms with Crippen LogP contribution in [0.5, 0.6) is 0 Å². The summed E-state index contributed by atoms with van der Waals surface area (Å²) in [5.74, 6) is 0.650. The van der Waals surface area contributed by atoms with E-state index in [4.69, 9.17) is 10.00 Å². The van der Waals surface area contributed by atoms with Crippen LogP contribution in [0.25, 0.3) is 0 Å². The van der Waals surface area contributed by atoms with Gasteiger partial charge in [-0.15, -0.1) is 0 Å². The summed E-state index contributed by atoms with van der Waals surface area (Å²) < 4.78 is 5.39. The van der Waals surface area contributed by atoms with E-state index in [1.807, 2.05) is 62.2 Å². The lowest BCUT2D eigenvalue weighted by Gasteiger charge is -2.36. The average Bonchev–Trinajstić information content (AvgIpc) is 2.52. The third-order valence-electron chi connectivity index (χ3n) is 3.42. The van der Waals surface area contributed by atoms with Gasteiger partial charge in [-0.2, -0.15) is 10.3 Å². The van der Waals surface area contributed by atoms with Crippen LogP contribution in [0.15, 0.2) is 35.3 Å². The van der Waals surface area contributed by atoms with Crippen molar-refractivity contribution in [3.05, 3.63) is 35.9 Å². The van der Waals surface area contributed by atoms with Crippen LogP contribution in [-0.2, 0) is 4.74 Å². The highest BCUT2D eigenvalue weighted by Crippen LogP contribution is 2.14. The first kappa shape index (κ1) is 16.8. The zero-order chi connectivity index (χ0) is 16.9. The topological polar surface area (TPSA) is 68.9 Å². The van der Waals surface area contributed by atoms with E-state index in [-0.39, 0.29) is 6.09 Å². The molecule has 0 atom stereocenters. The summed E-state index contributed by atoms with van der Waals surface area (Å²) in [5.41, 5.74) is 0.408. The zero-order valence-corrected chi connectivity index (χ0v) is 13.8. The summed E-state index contributed by atoms with van der Waals surface area (Å²) in [5, 5.41) is 8.95. The van der Waals surface area contributed by atoms with E-state index in [2.05, 4.69) is 4.99 Å². The van der Waals surface area contributed by atoms with E-state index in [9.17, 15) is 4.79 Å². The number of carbonyl (C=O) groups excluding carboxylic acids is 1. The lowest BCUT2D eigenvalue weighted by Crippen LogP contribution is -2.51. The minimum atomic E-state index is -0.494. The molecule has 1 amide bonds. The highest BCUT2D eigenvalue weighted by atomic mass is 16.6. The largest absolute Gasteiger partial charge is 0.444 e. The Hall–Kier alpha value is -2.55. The molecule has 0 N–H and O–H groups in total. The van der Waals surface area contributed by atoms with Crippen LogP contribution in [0.3, 0.4) is 0 Å². The van der Waals surface area contributed by atoms with Gasteiger partial charge in [0.05, 0.1) is 0 Å². The number of rotatable bonds is 1. The Kier molecular flexibility index (Phi) is 5.22. The van der Waals surface area contributed by atoms with Crippen molar-refractivity contribution in [2.75, 3.05) is 26.2 Å². The molecule has 2 rings (SSSR count). The molecule has 6 heteroatoms. The first-order valence-electron chi connectivity index (χ1n) is 7.66. The zero-order valence-electron chi connectivity index (χ0n) is 13.8. The van der Waals surface area contributed by atoms with Crippen molar-refractivity contribution in [1.29, 1.82) is 5.26 Å². The Morgan fingerprint density at radius 2 is 1.70 bits per heavy atom. The Balaban J connectivity index is 2.02. The molecule has 0 saturated carbocycles. The van der Waals surface area contributed by atoms with Crippen LogP contribution >= 0.6 is 0 Å². The summed E-state index contributed by atoms with van der Waals surface area (Å²) >= 11 is 0. The van der Waals surface area contributed by atoms with E-state index in [1.165, 1.54) is 0 Å². The van der Waals surface area contributed by atoms with Crippen molar-refractivity contribution in [2.45, 2.75) is 26.4 Å². The van der Waals surface area contributed by atoms with Crippen LogP contribution < -0.4 is 0 Å². The van der Waals surface area contributed by atoms with Crippen LogP contribution in [-0.4, -0.2) is 53.5 Å². The fourth-order valence-corrected chi connectivity index (χ4v) is 2.38. The highest BCUT2D eigenvalue weighted by molar-refractivity contribution is 5.99. The van der Waals surface area contributed by atoms with E-state index in [0.717, 1.165) is 5.56 Å². The lowest BCUT2D eigenvalue weighted by atomic mass is 10.1. The molecule has 0 bridgehead atoms. The van der Waals surface area contributed by atoms with Gasteiger partial charge in [0, 0.05) is 31.7 Å². The predicted molar refractivity (Wildman–Crippen MR) is 88.0 cm³/mol. The quantitative estimate of drug-likeness (QED) is 0.453. The van der Waals surface area contributed by atoms with Crippen LogP contribution in [0.1, 0.15) is 26.3 Å². The number of amides is 1. The van der Waals surface area contributed by atoms with Crippen molar-refractivity contribution in [3.8, 4) is 6.19 Å². The third-order valence-corrected chi connectivity index (χ3v) is 3.42. The minimum absolute atomic E-state index is 0.296. The number of aliphatic imine (C=N–C) groups is 1. The van der Waals surface area contributed by atoms with Crippen molar-refractivity contribution >= 4 is 11.9 Å². The molecule has 122 valence electrons. The fraction of sp³-hybridized carbons (Fsp3) is 0.471. The number of hydrogen-bond acceptors (Lipinski definition) is 4. The normalized spacial score (nSPS) is 16.0. The van der Waals surface area contributed by atoms with Crippen LogP contribution in [0, 0.1) is 11.5 Å². The molecule has 23 heavy (non-hydrogen) atoms. The number of carbonyl (C=O) groups is 1. The van der Waals surface area contributed by atoms with Gasteiger partial charge in [0.1, 0.15) is 11.4 Å². The highest BCUT2D eigenvalue weighted by Gasteiger charge is 2.27. The molecule has 1 aromatic carbocycles. The molecular weight excluding hydrogens is 292 g/mol. The third kappa shape index (κ3) is 4.71. The number of hydrogen-bond donors (Lipinski definition) is 0. The number of ether oxygens (including phenoxy) is 1. The SMILES string of the molecule is CC(C)(C)OC(=O)N1CCN(/C(=N/C#N)c2ccccc2)CC1. The average molecular weight is 314 g/mol. The van der Waals surface area contributed by atoms with Gasteiger partial charge >= 0.3 is 6.09 Å². The standard InChI is InChI=1S/C17H22N4O2/c1-17(2,3)23-16(22)21-11-9-20(10-12-21)15(19-13-18)14-7-5-4-6-8-14/h4-8H,9-12H2,1-3H3/b19-15+. The number of nitrogens with zero attached hydrogens (tertiary/aromatic N) is 4. The molecular formula is C17H22N4O2. The van der Waals surface area contributed by atoms with Gasteiger partial charge in [0.15, 0.2) is 0 Å². The number of amidine groups is 1. The maximum absolute atomic E-state index is 12.1. The predicted octanol–water partition coefficient (Wildman–Crippen LogP) is 2.47. The summed E-state index contributed by atoms with van der Waals surface area (Å²) in [6.45, 7) is 7.90. The molecule has 0 aliphatic carbocycles. The van der Waals surface area contributed by atoms with Crippen LogP contribution in [0.2, 0.25) is 0 Å². The van der Waals surface area contributed by atoms with E-state index in [1.54, 1.807) is 4.90 Å². The van der Waals surface area contributed by atoms with E-state index >= 15 is 0 Å². The second kappa shape index (κ2) is 7.14. The summed E-state index contributed by atoms with van der Waals surface area (Å²) in [4.78, 5) is 19.8. The summed E-state index contributed by atoms with van der Waals surface area (Å²) in [6.07, 6.45) is 1.57. The second-order valence-electron chi connectivity index (χ2n) is 6.36. The molecule has 0 radical (unpaired) electrons. The van der Waals surface area contributed by atoms with Gasteiger partial charge in [-0.3, -0.25) is 0 Å². The molecule has 1 fully saturated rings. The van der Waals surface area contributed by atoms with Gasteiger partial charge in [0.25, 0.3) is 0 Å². The molecule has 1 saturated heterocycles. The molecule has 0 aromatic heterocycles. The summed E-state index contributed by atoms with van der Waals surface area (Å²) in [6, 6.07) is 9.61. The maximum Gasteiger partial charge on any atom is 0.410 e. The molecule has 0 spiro atoms. The van der Waals surface area contributed by atoms with Crippen molar-refractivity contribution in [2.24, 2.45) is 4.99 Å². The second-order valence-corrected chi connectivity index (χ2v) is 6.36. The van der Waals surface area contributed by atoms with Crippen molar-refractivity contribution in [3.63, 3.8) is 0 Å². The summed E-state index contributed by atoms with van der Waals surface area (Å²) in [7, 11) is 0. The lowest BCUT2D eigenvalue weighted by molar-refractivity contribution is 0.0187. The fourth-order valence-electron chi connectivity index (χ4n) is 2.38. The van der Waals surface area contributed by atoms with Gasteiger partial charge in [-0.1, -0.05) is 30.3 Å². The van der Waals surface area contributed by atoms with Crippen LogP contribution in [0.4, 0.5) is 4.79 Å². The molecule has 6 nitrogen and oxygen atoms in total. The maximum atomic E-state index is 12.1. The molecule has 1 aliphatic rings. The monoisotopic (exact) mass is 314 g/mol. The molecule has 1 aliphatic heterocycles. The van der Waals surface area contributed by atoms with Gasteiger partial charge < -0.3 is 14.5 Å². The molecule has 0 unspecified atom stereocenters. The van der Waals surface area contributed by atoms with Gasteiger partial charge in [0.2, 0.25) is 6.19 Å². The minimum Gasteiger partial charge on any atom is -0.444 e. The smallest absolute Gasteiger partial charge is 0.410 e. The molecule has 1 aromatic rings. The van der Waals surface area contributed by atoms with Gasteiger partial charge in [-0.05, 0) is 20.8 Å². The first-order valence-corrected chi connectivity index (χ1v) is 7.66. The number of piperazine rings is 1. The molecule has 1 heterocycles. The van der Waals surface area contributed by atoms with E-state index in [0.29, 0.717) is 32.0 Å². The number of benzene rings is 1. The Bertz CT molecular complexity index is 606. The Labute approximate surface area is 137 Å².